The van der Waals surface area contributed by atoms with Crippen LogP contribution in [-0.4, -0.2) is 47.4 Å². The van der Waals surface area contributed by atoms with E-state index in [1.807, 2.05) is 12.1 Å². The molecule has 0 saturated carbocycles. The van der Waals surface area contributed by atoms with Gasteiger partial charge in [0, 0.05) is 24.6 Å². The van der Waals surface area contributed by atoms with E-state index in [4.69, 9.17) is 26.1 Å². The number of halogens is 1. The monoisotopic (exact) mass is 439 g/mol. The summed E-state index contributed by atoms with van der Waals surface area (Å²) in [4.78, 5) is 7.36. The van der Waals surface area contributed by atoms with Crippen molar-refractivity contribution >= 4 is 22.6 Å². The van der Waals surface area contributed by atoms with Gasteiger partial charge >= 0.3 is 0 Å². The average molecular weight is 440 g/mol. The van der Waals surface area contributed by atoms with Crippen molar-refractivity contribution in [2.24, 2.45) is 13.0 Å². The molecule has 0 spiro atoms. The van der Waals surface area contributed by atoms with Gasteiger partial charge in [-0.25, -0.2) is 4.98 Å². The second-order valence-corrected chi connectivity index (χ2v) is 9.29. The van der Waals surface area contributed by atoms with Gasteiger partial charge in [-0.2, -0.15) is 0 Å². The first-order chi connectivity index (χ1) is 15.2. The standard InChI is InChI=1S/C25H30ClN3O2/c1-28-23-5-3-2-4-22(23)27-25(28)15-29-11-8-19(9-12-29)21-14-20(26)6-7-24(21)31-17-18-10-13-30-16-18/h2-7,14,18-19H,8-13,15-17H2,1H3. The molecule has 2 aliphatic rings. The molecule has 2 saturated heterocycles. The Morgan fingerprint density at radius 1 is 1.13 bits per heavy atom. The Kier molecular flexibility index (Phi) is 6.17. The van der Waals surface area contributed by atoms with Crippen molar-refractivity contribution in [3.05, 3.63) is 58.9 Å². The molecule has 1 atom stereocenters. The highest BCUT2D eigenvalue weighted by molar-refractivity contribution is 6.30. The molecular formula is C25H30ClN3O2. The van der Waals surface area contributed by atoms with Crippen LogP contribution in [0.15, 0.2) is 42.5 Å². The maximum Gasteiger partial charge on any atom is 0.123 e. The molecule has 2 fully saturated rings. The molecule has 5 nitrogen and oxygen atoms in total. The number of hydrogen-bond donors (Lipinski definition) is 0. The summed E-state index contributed by atoms with van der Waals surface area (Å²) in [6.45, 7) is 5.38. The van der Waals surface area contributed by atoms with Crippen LogP contribution >= 0.6 is 11.6 Å². The van der Waals surface area contributed by atoms with Crippen LogP contribution in [0, 0.1) is 5.92 Å². The van der Waals surface area contributed by atoms with Gasteiger partial charge in [0.2, 0.25) is 0 Å². The van der Waals surface area contributed by atoms with Crippen LogP contribution in [0.3, 0.4) is 0 Å². The number of imidazole rings is 1. The fourth-order valence-electron chi connectivity index (χ4n) is 4.83. The number of aromatic nitrogens is 2. The number of hydrogen-bond acceptors (Lipinski definition) is 4. The lowest BCUT2D eigenvalue weighted by atomic mass is 9.88. The van der Waals surface area contributed by atoms with E-state index in [-0.39, 0.29) is 0 Å². The molecule has 0 bridgehead atoms. The smallest absolute Gasteiger partial charge is 0.123 e. The summed E-state index contributed by atoms with van der Waals surface area (Å²) in [5.41, 5.74) is 3.53. The molecule has 2 aromatic carbocycles. The van der Waals surface area contributed by atoms with Crippen LogP contribution in [-0.2, 0) is 18.3 Å². The van der Waals surface area contributed by atoms with Crippen LogP contribution in [0.5, 0.6) is 5.75 Å². The molecule has 1 unspecified atom stereocenters. The number of benzene rings is 2. The van der Waals surface area contributed by atoms with Gasteiger partial charge in [-0.05, 0) is 74.2 Å². The number of aryl methyl sites for hydroxylation is 1. The van der Waals surface area contributed by atoms with Crippen LogP contribution in [0.1, 0.15) is 36.6 Å². The first-order valence-electron chi connectivity index (χ1n) is 11.3. The second kappa shape index (κ2) is 9.19. The number of para-hydroxylation sites is 2. The Morgan fingerprint density at radius 2 is 1.97 bits per heavy atom. The van der Waals surface area contributed by atoms with Crippen molar-refractivity contribution in [3.63, 3.8) is 0 Å². The molecule has 0 aliphatic carbocycles. The summed E-state index contributed by atoms with van der Waals surface area (Å²) in [6.07, 6.45) is 3.30. The first kappa shape index (κ1) is 20.8. The number of fused-ring (bicyclic) bond motifs is 1. The fourth-order valence-corrected chi connectivity index (χ4v) is 5.01. The minimum Gasteiger partial charge on any atom is -0.493 e. The van der Waals surface area contributed by atoms with Gasteiger partial charge in [-0.1, -0.05) is 23.7 Å². The Labute approximate surface area is 188 Å². The van der Waals surface area contributed by atoms with E-state index in [0.717, 1.165) is 80.8 Å². The van der Waals surface area contributed by atoms with Crippen molar-refractivity contribution in [2.75, 3.05) is 32.9 Å². The summed E-state index contributed by atoms with van der Waals surface area (Å²) >= 11 is 6.36. The molecule has 164 valence electrons. The summed E-state index contributed by atoms with van der Waals surface area (Å²) in [5, 5.41) is 0.786. The van der Waals surface area contributed by atoms with E-state index in [1.165, 1.54) is 11.1 Å². The van der Waals surface area contributed by atoms with Gasteiger partial charge in [-0.3, -0.25) is 4.90 Å². The van der Waals surface area contributed by atoms with Crippen molar-refractivity contribution < 1.29 is 9.47 Å². The van der Waals surface area contributed by atoms with E-state index in [0.29, 0.717) is 11.8 Å². The minimum atomic E-state index is 0.477. The van der Waals surface area contributed by atoms with Gasteiger partial charge in [-0.15, -0.1) is 0 Å². The number of piperidine rings is 1. The third-order valence-electron chi connectivity index (χ3n) is 6.74. The fraction of sp³-hybridized carbons (Fsp3) is 0.480. The van der Waals surface area contributed by atoms with Crippen LogP contribution in [0.4, 0.5) is 0 Å². The molecule has 6 heteroatoms. The number of ether oxygens (including phenoxy) is 2. The number of nitrogens with zero attached hydrogens (tertiary/aromatic N) is 3. The summed E-state index contributed by atoms with van der Waals surface area (Å²) in [5.74, 6) is 3.10. The van der Waals surface area contributed by atoms with Gasteiger partial charge in [0.25, 0.3) is 0 Å². The van der Waals surface area contributed by atoms with Crippen molar-refractivity contribution in [2.45, 2.75) is 31.7 Å². The quantitative estimate of drug-likeness (QED) is 0.540. The molecule has 2 aliphatic heterocycles. The van der Waals surface area contributed by atoms with Gasteiger partial charge in [0.1, 0.15) is 11.6 Å². The van der Waals surface area contributed by atoms with Crippen molar-refractivity contribution in [3.8, 4) is 5.75 Å². The lowest BCUT2D eigenvalue weighted by molar-refractivity contribution is 0.165. The maximum atomic E-state index is 6.36. The maximum absolute atomic E-state index is 6.36. The summed E-state index contributed by atoms with van der Waals surface area (Å²) in [6, 6.07) is 14.4. The van der Waals surface area contributed by atoms with Gasteiger partial charge in [0.15, 0.2) is 0 Å². The largest absolute Gasteiger partial charge is 0.493 e. The van der Waals surface area contributed by atoms with E-state index >= 15 is 0 Å². The molecule has 3 heterocycles. The Morgan fingerprint density at radius 3 is 2.74 bits per heavy atom. The van der Waals surface area contributed by atoms with Crippen LogP contribution in [0.25, 0.3) is 11.0 Å². The molecule has 31 heavy (non-hydrogen) atoms. The van der Waals surface area contributed by atoms with Crippen molar-refractivity contribution in [1.82, 2.24) is 14.5 Å². The molecule has 3 aromatic rings. The predicted octanol–water partition coefficient (Wildman–Crippen LogP) is 5.02. The highest BCUT2D eigenvalue weighted by atomic mass is 35.5. The van der Waals surface area contributed by atoms with Crippen molar-refractivity contribution in [1.29, 1.82) is 0 Å². The zero-order valence-corrected chi connectivity index (χ0v) is 18.9. The van der Waals surface area contributed by atoms with Gasteiger partial charge in [0.05, 0.1) is 30.8 Å². The Hall–Kier alpha value is -2.08. The summed E-state index contributed by atoms with van der Waals surface area (Å²) in [7, 11) is 2.11. The van der Waals surface area contributed by atoms with Crippen LogP contribution in [0.2, 0.25) is 5.02 Å². The first-order valence-corrected chi connectivity index (χ1v) is 11.7. The topological polar surface area (TPSA) is 39.5 Å². The third kappa shape index (κ3) is 4.59. The molecule has 0 amide bonds. The number of rotatable bonds is 6. The zero-order chi connectivity index (χ0) is 21.2. The number of likely N-dealkylation sites (tertiary alicyclic amines) is 1. The molecule has 5 rings (SSSR count). The highest BCUT2D eigenvalue weighted by Gasteiger charge is 2.25. The second-order valence-electron chi connectivity index (χ2n) is 8.85. The van der Waals surface area contributed by atoms with Crippen LogP contribution < -0.4 is 4.74 Å². The average Bonchev–Trinajstić information content (AvgIpc) is 3.42. The minimum absolute atomic E-state index is 0.477. The Bertz CT molecular complexity index is 1040. The lowest BCUT2D eigenvalue weighted by Crippen LogP contribution is -2.33. The summed E-state index contributed by atoms with van der Waals surface area (Å²) < 4.78 is 13.9. The van der Waals surface area contributed by atoms with E-state index < -0.39 is 0 Å². The van der Waals surface area contributed by atoms with E-state index in [1.54, 1.807) is 0 Å². The van der Waals surface area contributed by atoms with Gasteiger partial charge < -0.3 is 14.0 Å². The zero-order valence-electron chi connectivity index (χ0n) is 18.1. The highest BCUT2D eigenvalue weighted by Crippen LogP contribution is 2.37. The molecule has 0 N–H and O–H groups in total. The molecule has 1 aromatic heterocycles. The van der Waals surface area contributed by atoms with E-state index in [2.05, 4.69) is 46.8 Å². The Balaban J connectivity index is 1.23. The predicted molar refractivity (Wildman–Crippen MR) is 124 cm³/mol. The molecule has 0 radical (unpaired) electrons. The lowest BCUT2D eigenvalue weighted by Gasteiger charge is -2.32. The van der Waals surface area contributed by atoms with E-state index in [9.17, 15) is 0 Å². The third-order valence-corrected chi connectivity index (χ3v) is 6.98. The SMILES string of the molecule is Cn1c(CN2CCC(c3cc(Cl)ccc3OCC3CCOC3)CC2)nc2ccccc21. The normalized spacial score (nSPS) is 20.5. The molecular weight excluding hydrogens is 410 g/mol.